The number of aryl methyl sites for hydroxylation is 2. The van der Waals surface area contributed by atoms with Crippen molar-refractivity contribution in [1.29, 1.82) is 0 Å². The molecule has 0 saturated heterocycles. The number of nitrogens with zero attached hydrogens (tertiary/aromatic N) is 2. The average molecular weight is 390 g/mol. The molecule has 27 heavy (non-hydrogen) atoms. The molecular formula is C20H17F3N2OS. The van der Waals surface area contributed by atoms with Crippen LogP contribution in [0.25, 0.3) is 10.2 Å². The van der Waals surface area contributed by atoms with Crippen LogP contribution in [-0.4, -0.2) is 10.5 Å². The number of benzene rings is 2. The highest BCUT2D eigenvalue weighted by molar-refractivity contribution is 7.16. The second-order valence-corrected chi connectivity index (χ2v) is 7.19. The number of halogens is 3. The van der Waals surface area contributed by atoms with Crippen LogP contribution >= 0.6 is 11.3 Å². The summed E-state index contributed by atoms with van der Waals surface area (Å²) in [5.41, 5.74) is 2.52. The van der Waals surface area contributed by atoms with E-state index in [0.717, 1.165) is 45.6 Å². The van der Waals surface area contributed by atoms with Crippen LogP contribution < -0.4 is 4.80 Å². The second kappa shape index (κ2) is 7.15. The van der Waals surface area contributed by atoms with Crippen molar-refractivity contribution in [3.05, 3.63) is 76.1 Å². The first kappa shape index (κ1) is 19.1. The molecule has 0 saturated carbocycles. The maximum absolute atomic E-state index is 12.7. The van der Waals surface area contributed by atoms with Gasteiger partial charge in [0.1, 0.15) is 0 Å². The molecule has 1 aromatic heterocycles. The van der Waals surface area contributed by atoms with Crippen molar-refractivity contribution in [2.24, 2.45) is 4.99 Å². The van der Waals surface area contributed by atoms with Crippen molar-refractivity contribution in [3.8, 4) is 0 Å². The molecule has 7 heteroatoms. The number of thiazole rings is 1. The molecule has 0 spiro atoms. The Balaban J connectivity index is 2.07. The van der Waals surface area contributed by atoms with E-state index in [4.69, 9.17) is 0 Å². The number of rotatable bonds is 3. The molecule has 3 nitrogen and oxygen atoms in total. The smallest absolute Gasteiger partial charge is 0.312 e. The summed E-state index contributed by atoms with van der Waals surface area (Å²) < 4.78 is 40.9. The van der Waals surface area contributed by atoms with Gasteiger partial charge in [-0.15, -0.1) is 6.58 Å². The van der Waals surface area contributed by atoms with Crippen LogP contribution in [0, 0.1) is 13.8 Å². The zero-order chi connectivity index (χ0) is 19.8. The van der Waals surface area contributed by atoms with Gasteiger partial charge in [0.15, 0.2) is 4.80 Å². The first-order valence-corrected chi connectivity index (χ1v) is 9.00. The van der Waals surface area contributed by atoms with E-state index in [1.54, 1.807) is 6.08 Å². The molecule has 0 fully saturated rings. The lowest BCUT2D eigenvalue weighted by Crippen LogP contribution is -2.16. The predicted octanol–water partition coefficient (Wildman–Crippen LogP) is 5.27. The molecule has 1 amide bonds. The van der Waals surface area contributed by atoms with Crippen molar-refractivity contribution < 1.29 is 18.0 Å². The standard InChI is InChI=1S/C20H17F3N2OS/c1-4-9-25-16-10-12(2)13(3)11-17(16)27-19(25)24-18(26)14-5-7-15(8-6-14)20(21,22)23/h4-8,10-11H,1,9H2,2-3H3. The van der Waals surface area contributed by atoms with Crippen LogP contribution in [0.5, 0.6) is 0 Å². The van der Waals surface area contributed by atoms with Crippen molar-refractivity contribution in [2.45, 2.75) is 26.6 Å². The maximum Gasteiger partial charge on any atom is 0.416 e. The van der Waals surface area contributed by atoms with Crippen LogP contribution in [0.3, 0.4) is 0 Å². The van der Waals surface area contributed by atoms with Gasteiger partial charge in [-0.05, 0) is 61.4 Å². The molecule has 140 valence electrons. The molecule has 2 aromatic carbocycles. The fourth-order valence-electron chi connectivity index (χ4n) is 2.67. The molecule has 1 heterocycles. The van der Waals surface area contributed by atoms with E-state index in [9.17, 15) is 18.0 Å². The van der Waals surface area contributed by atoms with Gasteiger partial charge in [0.2, 0.25) is 0 Å². The summed E-state index contributed by atoms with van der Waals surface area (Å²) in [5.74, 6) is -0.582. The summed E-state index contributed by atoms with van der Waals surface area (Å²) in [6, 6.07) is 8.14. The quantitative estimate of drug-likeness (QED) is 0.562. The lowest BCUT2D eigenvalue weighted by atomic mass is 10.1. The summed E-state index contributed by atoms with van der Waals surface area (Å²) >= 11 is 1.36. The van der Waals surface area contributed by atoms with Gasteiger partial charge in [-0.25, -0.2) is 0 Å². The van der Waals surface area contributed by atoms with Gasteiger partial charge >= 0.3 is 6.18 Å². The number of fused-ring (bicyclic) bond motifs is 1. The minimum atomic E-state index is -4.44. The monoisotopic (exact) mass is 390 g/mol. The maximum atomic E-state index is 12.7. The number of amides is 1. The number of carbonyl (C=O) groups excluding carboxylic acids is 1. The summed E-state index contributed by atoms with van der Waals surface area (Å²) in [4.78, 5) is 17.1. The number of allylic oxidation sites excluding steroid dienone is 1. The summed E-state index contributed by atoms with van der Waals surface area (Å²) in [6.45, 7) is 8.24. The Kier molecular flexibility index (Phi) is 5.06. The SMILES string of the molecule is C=CCn1c(=NC(=O)c2ccc(C(F)(F)F)cc2)sc2cc(C)c(C)cc21. The van der Waals surface area contributed by atoms with Crippen molar-refractivity contribution in [2.75, 3.05) is 0 Å². The number of alkyl halides is 3. The van der Waals surface area contributed by atoms with Gasteiger partial charge in [-0.2, -0.15) is 18.2 Å². The molecular weight excluding hydrogens is 373 g/mol. The van der Waals surface area contributed by atoms with Gasteiger partial charge in [0, 0.05) is 12.1 Å². The average Bonchev–Trinajstić information content (AvgIpc) is 2.91. The molecule has 0 aliphatic carbocycles. The van der Waals surface area contributed by atoms with E-state index in [2.05, 4.69) is 11.6 Å². The zero-order valence-electron chi connectivity index (χ0n) is 14.8. The molecule has 0 N–H and O–H groups in total. The number of carbonyl (C=O) groups is 1. The molecule has 3 aromatic rings. The highest BCUT2D eigenvalue weighted by Crippen LogP contribution is 2.29. The Hall–Kier alpha value is -2.67. The number of aromatic nitrogens is 1. The van der Waals surface area contributed by atoms with Crippen LogP contribution in [0.15, 0.2) is 54.0 Å². The Bertz CT molecular complexity index is 1090. The largest absolute Gasteiger partial charge is 0.416 e. The Morgan fingerprint density at radius 1 is 1.19 bits per heavy atom. The van der Waals surface area contributed by atoms with Crippen LogP contribution in [0.4, 0.5) is 13.2 Å². The molecule has 0 bridgehead atoms. The molecule has 0 aliphatic heterocycles. The molecule has 0 unspecified atom stereocenters. The molecule has 3 rings (SSSR count). The van der Waals surface area contributed by atoms with Crippen LogP contribution in [0.1, 0.15) is 27.0 Å². The zero-order valence-corrected chi connectivity index (χ0v) is 15.6. The van der Waals surface area contributed by atoms with Crippen molar-refractivity contribution >= 4 is 27.5 Å². The molecule has 0 atom stereocenters. The highest BCUT2D eigenvalue weighted by atomic mass is 32.1. The normalized spacial score (nSPS) is 12.6. The van der Waals surface area contributed by atoms with E-state index in [-0.39, 0.29) is 5.56 Å². The van der Waals surface area contributed by atoms with Crippen LogP contribution in [-0.2, 0) is 12.7 Å². The Morgan fingerprint density at radius 2 is 1.81 bits per heavy atom. The second-order valence-electron chi connectivity index (χ2n) is 6.18. The minimum Gasteiger partial charge on any atom is -0.312 e. The van der Waals surface area contributed by atoms with Crippen LogP contribution in [0.2, 0.25) is 0 Å². The van der Waals surface area contributed by atoms with Gasteiger partial charge in [-0.3, -0.25) is 4.79 Å². The first-order valence-electron chi connectivity index (χ1n) is 8.18. The van der Waals surface area contributed by atoms with Crippen molar-refractivity contribution in [1.82, 2.24) is 4.57 Å². The summed E-state index contributed by atoms with van der Waals surface area (Å²) in [6.07, 6.45) is -2.73. The summed E-state index contributed by atoms with van der Waals surface area (Å²) in [5, 5.41) is 0. The lowest BCUT2D eigenvalue weighted by molar-refractivity contribution is -0.137. The van der Waals surface area contributed by atoms with E-state index >= 15 is 0 Å². The fourth-order valence-corrected chi connectivity index (χ4v) is 3.78. The predicted molar refractivity (Wildman–Crippen MR) is 101 cm³/mol. The topological polar surface area (TPSA) is 34.4 Å². The first-order chi connectivity index (χ1) is 12.7. The minimum absolute atomic E-state index is 0.109. The van der Waals surface area contributed by atoms with Gasteiger partial charge in [0.25, 0.3) is 5.91 Å². The number of hydrogen-bond donors (Lipinski definition) is 0. The molecule has 0 aliphatic rings. The van der Waals surface area contributed by atoms with E-state index in [1.165, 1.54) is 11.3 Å². The Labute approximate surface area is 158 Å². The third kappa shape index (κ3) is 3.88. The fraction of sp³-hybridized carbons (Fsp3) is 0.200. The highest BCUT2D eigenvalue weighted by Gasteiger charge is 2.30. The third-order valence-electron chi connectivity index (χ3n) is 4.27. The van der Waals surface area contributed by atoms with Gasteiger partial charge in [-0.1, -0.05) is 17.4 Å². The Morgan fingerprint density at radius 3 is 2.41 bits per heavy atom. The summed E-state index contributed by atoms with van der Waals surface area (Å²) in [7, 11) is 0. The van der Waals surface area contributed by atoms with E-state index < -0.39 is 17.6 Å². The number of hydrogen-bond acceptors (Lipinski definition) is 2. The van der Waals surface area contributed by atoms with E-state index in [1.807, 2.05) is 30.5 Å². The van der Waals surface area contributed by atoms with Gasteiger partial charge < -0.3 is 4.57 Å². The van der Waals surface area contributed by atoms with Crippen molar-refractivity contribution in [3.63, 3.8) is 0 Å². The van der Waals surface area contributed by atoms with E-state index in [0.29, 0.717) is 11.3 Å². The molecule has 0 radical (unpaired) electrons. The third-order valence-corrected chi connectivity index (χ3v) is 5.31. The lowest BCUT2D eigenvalue weighted by Gasteiger charge is -2.06. The van der Waals surface area contributed by atoms with Gasteiger partial charge in [0.05, 0.1) is 15.8 Å².